The van der Waals surface area contributed by atoms with Crippen molar-refractivity contribution < 1.29 is 4.79 Å². The normalized spacial score (nSPS) is 12.6. The second-order valence-electron chi connectivity index (χ2n) is 4.62. The summed E-state index contributed by atoms with van der Waals surface area (Å²) in [5, 5.41) is 2.98. The fourth-order valence-electron chi connectivity index (χ4n) is 1.71. The van der Waals surface area contributed by atoms with Crippen molar-refractivity contribution in [2.75, 3.05) is 20.6 Å². The summed E-state index contributed by atoms with van der Waals surface area (Å²) in [4.78, 5) is 14.1. The minimum absolute atomic E-state index is 0.0325. The number of hydrogen-bond donors (Lipinski definition) is 1. The Morgan fingerprint density at radius 1 is 1.47 bits per heavy atom. The van der Waals surface area contributed by atoms with Gasteiger partial charge in [-0.25, -0.2) is 0 Å². The number of carbonyl (C=O) groups is 1. The molecule has 0 aromatic heterocycles. The van der Waals surface area contributed by atoms with Gasteiger partial charge in [0.1, 0.15) is 0 Å². The third kappa shape index (κ3) is 4.48. The van der Waals surface area contributed by atoms with Crippen molar-refractivity contribution in [2.24, 2.45) is 0 Å². The Hall–Kier alpha value is -0.870. The molecule has 3 nitrogen and oxygen atoms in total. The molecule has 0 saturated heterocycles. The molecule has 1 atom stereocenters. The largest absolute Gasteiger partial charge is 0.348 e. The van der Waals surface area contributed by atoms with E-state index in [2.05, 4.69) is 26.1 Å². The third-order valence-electron chi connectivity index (χ3n) is 2.38. The predicted molar refractivity (Wildman–Crippen MR) is 74.4 cm³/mol. The molecule has 1 unspecified atom stereocenters. The van der Waals surface area contributed by atoms with Crippen LogP contribution in [0.25, 0.3) is 0 Å². The number of likely N-dealkylation sites (N-methyl/N-ethyl adjacent to an activating group) is 1. The number of amides is 1. The molecule has 0 aliphatic carbocycles. The quantitative estimate of drug-likeness (QED) is 0.926. The zero-order chi connectivity index (χ0) is 13.0. The standard InChI is InChI=1S/C13H19BrN2O/c1-9-5-6-12(14)11(7-9)13(17)15-10(2)8-16(3)4/h5-7,10H,8H2,1-4H3,(H,15,17). The van der Waals surface area contributed by atoms with Gasteiger partial charge in [-0.3, -0.25) is 4.79 Å². The summed E-state index contributed by atoms with van der Waals surface area (Å²) in [5.74, 6) is -0.0325. The average Bonchev–Trinajstić information content (AvgIpc) is 2.20. The summed E-state index contributed by atoms with van der Waals surface area (Å²) in [6.45, 7) is 4.81. The molecule has 1 aromatic rings. The Bertz CT molecular complexity index is 404. The van der Waals surface area contributed by atoms with Crippen LogP contribution >= 0.6 is 15.9 Å². The molecule has 4 heteroatoms. The van der Waals surface area contributed by atoms with Gasteiger partial charge in [-0.1, -0.05) is 11.6 Å². The first-order chi connectivity index (χ1) is 7.90. The minimum atomic E-state index is -0.0325. The van der Waals surface area contributed by atoms with E-state index < -0.39 is 0 Å². The highest BCUT2D eigenvalue weighted by molar-refractivity contribution is 9.10. The van der Waals surface area contributed by atoms with Crippen LogP contribution in [0, 0.1) is 6.92 Å². The maximum Gasteiger partial charge on any atom is 0.252 e. The molecule has 1 rings (SSSR count). The van der Waals surface area contributed by atoms with Crippen LogP contribution in [0.1, 0.15) is 22.8 Å². The Balaban J connectivity index is 2.73. The lowest BCUT2D eigenvalue weighted by atomic mass is 10.1. The smallest absolute Gasteiger partial charge is 0.252 e. The van der Waals surface area contributed by atoms with Gasteiger partial charge in [-0.05, 0) is 56.0 Å². The number of rotatable bonds is 4. The minimum Gasteiger partial charge on any atom is -0.348 e. The molecule has 0 saturated carbocycles. The van der Waals surface area contributed by atoms with Crippen LogP contribution in [0.2, 0.25) is 0 Å². The maximum atomic E-state index is 12.1. The van der Waals surface area contributed by atoms with E-state index in [4.69, 9.17) is 0 Å². The summed E-state index contributed by atoms with van der Waals surface area (Å²) in [6.07, 6.45) is 0. The van der Waals surface area contributed by atoms with Gasteiger partial charge in [-0.15, -0.1) is 0 Å². The van der Waals surface area contributed by atoms with Crippen LogP contribution in [0.4, 0.5) is 0 Å². The number of nitrogens with zero attached hydrogens (tertiary/aromatic N) is 1. The van der Waals surface area contributed by atoms with Crippen molar-refractivity contribution in [1.82, 2.24) is 10.2 Å². The molecule has 0 aliphatic rings. The number of halogens is 1. The van der Waals surface area contributed by atoms with Crippen LogP contribution in [0.5, 0.6) is 0 Å². The van der Waals surface area contributed by atoms with Gasteiger partial charge in [0.25, 0.3) is 5.91 Å². The van der Waals surface area contributed by atoms with E-state index in [9.17, 15) is 4.79 Å². The van der Waals surface area contributed by atoms with Crippen molar-refractivity contribution in [3.63, 3.8) is 0 Å². The van der Waals surface area contributed by atoms with Gasteiger partial charge in [0.2, 0.25) is 0 Å². The van der Waals surface area contributed by atoms with E-state index in [1.807, 2.05) is 46.1 Å². The highest BCUT2D eigenvalue weighted by atomic mass is 79.9. The molecule has 0 spiro atoms. The number of aryl methyl sites for hydroxylation is 1. The molecule has 0 aliphatic heterocycles. The lowest BCUT2D eigenvalue weighted by molar-refractivity contribution is 0.0933. The van der Waals surface area contributed by atoms with Crippen molar-refractivity contribution in [3.05, 3.63) is 33.8 Å². The van der Waals surface area contributed by atoms with E-state index in [1.165, 1.54) is 0 Å². The monoisotopic (exact) mass is 298 g/mol. The highest BCUT2D eigenvalue weighted by Crippen LogP contribution is 2.18. The molecule has 0 radical (unpaired) electrons. The number of hydrogen-bond acceptors (Lipinski definition) is 2. The van der Waals surface area contributed by atoms with Crippen molar-refractivity contribution >= 4 is 21.8 Å². The molecule has 1 aromatic carbocycles. The fraction of sp³-hybridized carbons (Fsp3) is 0.462. The molecule has 0 heterocycles. The van der Waals surface area contributed by atoms with E-state index in [-0.39, 0.29) is 11.9 Å². The van der Waals surface area contributed by atoms with Gasteiger partial charge < -0.3 is 10.2 Å². The number of benzene rings is 1. The van der Waals surface area contributed by atoms with Crippen LogP contribution in [-0.4, -0.2) is 37.5 Å². The van der Waals surface area contributed by atoms with E-state index in [0.717, 1.165) is 16.6 Å². The zero-order valence-electron chi connectivity index (χ0n) is 10.7. The maximum absolute atomic E-state index is 12.1. The predicted octanol–water partition coefficient (Wildman–Crippen LogP) is 2.44. The molecule has 0 bridgehead atoms. The van der Waals surface area contributed by atoms with Crippen LogP contribution < -0.4 is 5.32 Å². The molecule has 94 valence electrons. The summed E-state index contributed by atoms with van der Waals surface area (Å²) >= 11 is 3.40. The van der Waals surface area contributed by atoms with Gasteiger partial charge in [0.05, 0.1) is 5.56 Å². The lowest BCUT2D eigenvalue weighted by Gasteiger charge is -2.18. The molecule has 1 amide bonds. The van der Waals surface area contributed by atoms with Gasteiger partial charge >= 0.3 is 0 Å². The molecule has 0 fully saturated rings. The summed E-state index contributed by atoms with van der Waals surface area (Å²) in [5.41, 5.74) is 1.77. The average molecular weight is 299 g/mol. The number of carbonyl (C=O) groups excluding carboxylic acids is 1. The fourth-order valence-corrected chi connectivity index (χ4v) is 2.13. The molecule has 17 heavy (non-hydrogen) atoms. The first-order valence-electron chi connectivity index (χ1n) is 5.62. The van der Waals surface area contributed by atoms with Gasteiger partial charge in [-0.2, -0.15) is 0 Å². The Kier molecular flexibility index (Phi) is 5.15. The van der Waals surface area contributed by atoms with Crippen LogP contribution in [0.3, 0.4) is 0 Å². The van der Waals surface area contributed by atoms with Crippen molar-refractivity contribution in [3.8, 4) is 0 Å². The summed E-state index contributed by atoms with van der Waals surface area (Å²) < 4.78 is 0.831. The first-order valence-corrected chi connectivity index (χ1v) is 6.41. The second kappa shape index (κ2) is 6.17. The highest BCUT2D eigenvalue weighted by Gasteiger charge is 2.13. The third-order valence-corrected chi connectivity index (χ3v) is 3.07. The van der Waals surface area contributed by atoms with Gasteiger partial charge in [0, 0.05) is 17.1 Å². The van der Waals surface area contributed by atoms with Gasteiger partial charge in [0.15, 0.2) is 0 Å². The summed E-state index contributed by atoms with van der Waals surface area (Å²) in [7, 11) is 3.98. The topological polar surface area (TPSA) is 32.3 Å². The van der Waals surface area contributed by atoms with Crippen molar-refractivity contribution in [2.45, 2.75) is 19.9 Å². The molecular formula is C13H19BrN2O. The summed E-state index contributed by atoms with van der Waals surface area (Å²) in [6, 6.07) is 5.90. The van der Waals surface area contributed by atoms with Crippen LogP contribution in [-0.2, 0) is 0 Å². The Morgan fingerprint density at radius 3 is 2.71 bits per heavy atom. The second-order valence-corrected chi connectivity index (χ2v) is 5.47. The Labute approximate surface area is 111 Å². The number of nitrogens with one attached hydrogen (secondary N) is 1. The lowest BCUT2D eigenvalue weighted by Crippen LogP contribution is -2.39. The zero-order valence-corrected chi connectivity index (χ0v) is 12.3. The van der Waals surface area contributed by atoms with Crippen LogP contribution in [0.15, 0.2) is 22.7 Å². The first kappa shape index (κ1) is 14.2. The molecule has 1 N–H and O–H groups in total. The Morgan fingerprint density at radius 2 is 2.12 bits per heavy atom. The molecular weight excluding hydrogens is 280 g/mol. The van der Waals surface area contributed by atoms with E-state index in [0.29, 0.717) is 5.56 Å². The SMILES string of the molecule is Cc1ccc(Br)c(C(=O)NC(C)CN(C)C)c1. The van der Waals surface area contributed by atoms with Crippen molar-refractivity contribution in [1.29, 1.82) is 0 Å². The van der Waals surface area contributed by atoms with E-state index >= 15 is 0 Å². The van der Waals surface area contributed by atoms with E-state index in [1.54, 1.807) is 0 Å².